The normalized spacial score (nSPS) is 18.2. The number of carbonyl (C=O) groups is 2. The van der Waals surface area contributed by atoms with Crippen LogP contribution in [0.1, 0.15) is 12.8 Å². The van der Waals surface area contributed by atoms with Gasteiger partial charge in [-0.15, -0.1) is 0 Å². The summed E-state index contributed by atoms with van der Waals surface area (Å²) in [5.74, 6) is -0.239. The number of hydrogen-bond donors (Lipinski definition) is 2. The summed E-state index contributed by atoms with van der Waals surface area (Å²) in [4.78, 5) is 23.2. The summed E-state index contributed by atoms with van der Waals surface area (Å²) in [6.45, 7) is 1.06. The molecular weight excluding hydrogens is 362 g/mol. The summed E-state index contributed by atoms with van der Waals surface area (Å²) < 4.78 is 36.8. The van der Waals surface area contributed by atoms with Gasteiger partial charge in [-0.1, -0.05) is 0 Å². The van der Waals surface area contributed by atoms with Gasteiger partial charge in [-0.05, 0) is 37.1 Å². The van der Waals surface area contributed by atoms with Crippen molar-refractivity contribution >= 4 is 22.0 Å². The van der Waals surface area contributed by atoms with Crippen molar-refractivity contribution in [1.82, 2.24) is 14.9 Å². The van der Waals surface area contributed by atoms with Crippen LogP contribution in [-0.2, 0) is 19.6 Å². The topological polar surface area (TPSA) is 114 Å². The Morgan fingerprint density at radius 2 is 1.81 bits per heavy atom. The number of imide groups is 1. The molecule has 0 atom stereocenters. The molecule has 1 heterocycles. The highest BCUT2D eigenvalue weighted by molar-refractivity contribution is 7.89. The molecule has 0 spiro atoms. The zero-order valence-electron chi connectivity index (χ0n) is 14.1. The summed E-state index contributed by atoms with van der Waals surface area (Å²) in [5.41, 5.74) is 0. The molecule has 2 aliphatic rings. The van der Waals surface area contributed by atoms with Gasteiger partial charge in [-0.25, -0.2) is 13.2 Å². The molecule has 0 bridgehead atoms. The number of amides is 3. The number of ether oxygens (including phenoxy) is 2. The molecule has 1 aromatic rings. The van der Waals surface area contributed by atoms with Gasteiger partial charge in [0, 0.05) is 19.1 Å². The van der Waals surface area contributed by atoms with Crippen LogP contribution >= 0.6 is 0 Å². The fourth-order valence-corrected chi connectivity index (χ4v) is 3.81. The number of carbonyl (C=O) groups excluding carboxylic acids is 2. The van der Waals surface area contributed by atoms with Gasteiger partial charge < -0.3 is 14.8 Å². The molecule has 142 valence electrons. The zero-order valence-corrected chi connectivity index (χ0v) is 15.0. The number of nitrogens with one attached hydrogen (secondary N) is 2. The van der Waals surface area contributed by atoms with E-state index in [2.05, 4.69) is 10.6 Å². The number of hydrogen-bond acceptors (Lipinski definition) is 6. The van der Waals surface area contributed by atoms with Crippen LogP contribution in [0.5, 0.6) is 5.75 Å². The van der Waals surface area contributed by atoms with Crippen LogP contribution in [0.3, 0.4) is 0 Å². The Labute approximate surface area is 151 Å². The van der Waals surface area contributed by atoms with Crippen molar-refractivity contribution in [3.63, 3.8) is 0 Å². The zero-order chi connectivity index (χ0) is 18.6. The van der Waals surface area contributed by atoms with Gasteiger partial charge >= 0.3 is 6.03 Å². The summed E-state index contributed by atoms with van der Waals surface area (Å²) in [5, 5.41) is 4.80. The first-order chi connectivity index (χ1) is 12.4. The maximum atomic E-state index is 12.5. The van der Waals surface area contributed by atoms with Crippen molar-refractivity contribution in [3.8, 4) is 5.75 Å². The summed E-state index contributed by atoms with van der Waals surface area (Å²) in [6, 6.07) is 5.43. The minimum absolute atomic E-state index is 0.153. The molecule has 9 nitrogen and oxygen atoms in total. The van der Waals surface area contributed by atoms with Crippen molar-refractivity contribution in [2.45, 2.75) is 23.8 Å². The van der Waals surface area contributed by atoms with Gasteiger partial charge in [-0.2, -0.15) is 4.31 Å². The van der Waals surface area contributed by atoms with Gasteiger partial charge in [0.1, 0.15) is 5.75 Å². The van der Waals surface area contributed by atoms with Crippen LogP contribution in [0.4, 0.5) is 4.79 Å². The standard InChI is InChI=1S/C16H21N3O6S/c20-15(18-16(21)17-12-1-2-12)11-25-13-3-5-14(6-4-13)26(22,23)19-7-9-24-10-8-19/h3-6,12H,1-2,7-11H2,(H2,17,18,20,21). The highest BCUT2D eigenvalue weighted by Gasteiger charge is 2.26. The molecule has 0 aromatic heterocycles. The van der Waals surface area contributed by atoms with E-state index in [4.69, 9.17) is 9.47 Å². The third-order valence-corrected chi connectivity index (χ3v) is 5.88. The fourth-order valence-electron chi connectivity index (χ4n) is 2.40. The van der Waals surface area contributed by atoms with E-state index in [1.807, 2.05) is 0 Å². The first-order valence-corrected chi connectivity index (χ1v) is 9.80. The lowest BCUT2D eigenvalue weighted by atomic mass is 10.3. The smallest absolute Gasteiger partial charge is 0.321 e. The number of benzene rings is 1. The van der Waals surface area contributed by atoms with Crippen LogP contribution in [0.15, 0.2) is 29.2 Å². The molecule has 1 saturated heterocycles. The Hall–Kier alpha value is -2.17. The van der Waals surface area contributed by atoms with Crippen LogP contribution < -0.4 is 15.4 Å². The molecule has 3 rings (SSSR count). The quantitative estimate of drug-likeness (QED) is 0.719. The second-order valence-corrected chi connectivity index (χ2v) is 8.01. The van der Waals surface area contributed by atoms with E-state index >= 15 is 0 Å². The van der Waals surface area contributed by atoms with Crippen LogP contribution in [-0.4, -0.2) is 63.6 Å². The van der Waals surface area contributed by atoms with Crippen LogP contribution in [0.25, 0.3) is 0 Å². The third kappa shape index (κ3) is 4.93. The van der Waals surface area contributed by atoms with E-state index in [-0.39, 0.29) is 17.5 Å². The predicted octanol–water partition coefficient (Wildman–Crippen LogP) is 0.0745. The van der Waals surface area contributed by atoms with Gasteiger partial charge in [0.2, 0.25) is 10.0 Å². The summed E-state index contributed by atoms with van der Waals surface area (Å²) in [7, 11) is -3.57. The lowest BCUT2D eigenvalue weighted by Crippen LogP contribution is -2.42. The Kier molecular flexibility index (Phi) is 5.74. The lowest BCUT2D eigenvalue weighted by Gasteiger charge is -2.26. The van der Waals surface area contributed by atoms with E-state index in [1.165, 1.54) is 28.6 Å². The molecule has 3 amide bonds. The monoisotopic (exact) mass is 383 g/mol. The number of nitrogens with zero attached hydrogens (tertiary/aromatic N) is 1. The summed E-state index contributed by atoms with van der Waals surface area (Å²) >= 11 is 0. The Bertz CT molecular complexity index is 755. The highest BCUT2D eigenvalue weighted by atomic mass is 32.2. The SMILES string of the molecule is O=C(COc1ccc(S(=O)(=O)N2CCOCC2)cc1)NC(=O)NC1CC1. The molecule has 1 aliphatic heterocycles. The first-order valence-electron chi connectivity index (χ1n) is 8.36. The molecule has 2 N–H and O–H groups in total. The first kappa shape index (κ1) is 18.6. The van der Waals surface area contributed by atoms with Gasteiger partial charge in [0.15, 0.2) is 6.61 Å². The Morgan fingerprint density at radius 1 is 1.15 bits per heavy atom. The van der Waals surface area contributed by atoms with E-state index in [0.29, 0.717) is 32.1 Å². The fraction of sp³-hybridized carbons (Fsp3) is 0.500. The minimum atomic E-state index is -3.57. The molecular formula is C16H21N3O6S. The highest BCUT2D eigenvalue weighted by Crippen LogP contribution is 2.20. The largest absolute Gasteiger partial charge is 0.484 e. The van der Waals surface area contributed by atoms with Gasteiger partial charge in [0.05, 0.1) is 18.1 Å². The lowest BCUT2D eigenvalue weighted by molar-refractivity contribution is -0.122. The van der Waals surface area contributed by atoms with E-state index in [0.717, 1.165) is 12.8 Å². The maximum Gasteiger partial charge on any atom is 0.321 e. The number of urea groups is 1. The Morgan fingerprint density at radius 3 is 2.42 bits per heavy atom. The third-order valence-electron chi connectivity index (χ3n) is 3.97. The average Bonchev–Trinajstić information content (AvgIpc) is 3.45. The molecule has 10 heteroatoms. The van der Waals surface area contributed by atoms with E-state index < -0.39 is 22.0 Å². The predicted molar refractivity (Wildman–Crippen MR) is 91.2 cm³/mol. The Balaban J connectivity index is 1.50. The molecule has 1 aliphatic carbocycles. The van der Waals surface area contributed by atoms with Crippen molar-refractivity contribution < 1.29 is 27.5 Å². The number of rotatable bonds is 6. The minimum Gasteiger partial charge on any atom is -0.484 e. The number of morpholine rings is 1. The van der Waals surface area contributed by atoms with E-state index in [1.54, 1.807) is 0 Å². The molecule has 2 fully saturated rings. The molecule has 26 heavy (non-hydrogen) atoms. The summed E-state index contributed by atoms with van der Waals surface area (Å²) in [6.07, 6.45) is 1.86. The molecule has 0 radical (unpaired) electrons. The molecule has 1 saturated carbocycles. The maximum absolute atomic E-state index is 12.5. The molecule has 1 aromatic carbocycles. The second kappa shape index (κ2) is 8.02. The molecule has 0 unspecified atom stereocenters. The van der Waals surface area contributed by atoms with Crippen molar-refractivity contribution in [2.75, 3.05) is 32.9 Å². The van der Waals surface area contributed by atoms with Gasteiger partial charge in [0.25, 0.3) is 5.91 Å². The van der Waals surface area contributed by atoms with Crippen molar-refractivity contribution in [1.29, 1.82) is 0 Å². The second-order valence-electron chi connectivity index (χ2n) is 6.07. The van der Waals surface area contributed by atoms with Crippen molar-refractivity contribution in [3.05, 3.63) is 24.3 Å². The van der Waals surface area contributed by atoms with Crippen LogP contribution in [0.2, 0.25) is 0 Å². The number of sulfonamides is 1. The van der Waals surface area contributed by atoms with Crippen LogP contribution in [0, 0.1) is 0 Å². The van der Waals surface area contributed by atoms with Gasteiger partial charge in [-0.3, -0.25) is 10.1 Å². The van der Waals surface area contributed by atoms with E-state index in [9.17, 15) is 18.0 Å². The average molecular weight is 383 g/mol. The van der Waals surface area contributed by atoms with Crippen molar-refractivity contribution in [2.24, 2.45) is 0 Å².